The van der Waals surface area contributed by atoms with E-state index < -0.39 is 0 Å². The molecule has 3 rings (SSSR count). The Morgan fingerprint density at radius 2 is 2.17 bits per heavy atom. The average molecular weight is 327 g/mol. The van der Waals surface area contributed by atoms with Gasteiger partial charge in [-0.3, -0.25) is 9.78 Å². The van der Waals surface area contributed by atoms with Gasteiger partial charge in [-0.15, -0.1) is 0 Å². The van der Waals surface area contributed by atoms with E-state index in [0.29, 0.717) is 23.6 Å². The number of carbonyl (C=O) groups excluding carboxylic acids is 1. The number of pyridine rings is 1. The first-order chi connectivity index (χ1) is 11.7. The molecule has 1 atom stereocenters. The van der Waals surface area contributed by atoms with Gasteiger partial charge in [0, 0.05) is 38.2 Å². The van der Waals surface area contributed by atoms with Crippen LogP contribution in [0.3, 0.4) is 0 Å². The molecule has 24 heavy (non-hydrogen) atoms. The molecule has 1 aliphatic rings. The lowest BCUT2D eigenvalue weighted by Gasteiger charge is -2.30. The van der Waals surface area contributed by atoms with Crippen molar-refractivity contribution in [2.75, 3.05) is 33.3 Å². The molecule has 1 N–H and O–H groups in total. The number of morpholine rings is 1. The van der Waals surface area contributed by atoms with Crippen molar-refractivity contribution in [3.63, 3.8) is 0 Å². The summed E-state index contributed by atoms with van der Waals surface area (Å²) in [5.74, 6) is 0.331. The van der Waals surface area contributed by atoms with Crippen LogP contribution in [-0.4, -0.2) is 65.2 Å². The number of hydrogen-bond donors (Lipinski definition) is 1. The second-order valence-corrected chi connectivity index (χ2v) is 5.81. The molecule has 1 amide bonds. The van der Waals surface area contributed by atoms with Gasteiger partial charge < -0.3 is 15.0 Å². The predicted molar refractivity (Wildman–Crippen MR) is 89.5 cm³/mol. The van der Waals surface area contributed by atoms with Crippen molar-refractivity contribution in [1.29, 1.82) is 0 Å². The molecule has 2 aromatic heterocycles. The van der Waals surface area contributed by atoms with E-state index in [0.717, 1.165) is 26.1 Å². The molecule has 1 aliphatic heterocycles. The lowest BCUT2D eigenvalue weighted by atomic mass is 10.2. The molecule has 7 heteroatoms. The Labute approximate surface area is 141 Å². The minimum absolute atomic E-state index is 0.173. The molecule has 0 unspecified atom stereocenters. The molecule has 1 saturated heterocycles. The molecule has 0 bridgehead atoms. The standard InChI is InChI=1S/C17H21N5O2/c1-22-8-9-24-14(12-22)5-7-19-17(23)13-10-20-16(21-11-13)15-4-2-3-6-18-15/h2-4,6,10-11,14H,5,7-9,12H2,1H3,(H,19,23)/t14-/m1/s1. The third-order valence-corrected chi connectivity index (χ3v) is 3.90. The van der Waals surface area contributed by atoms with Gasteiger partial charge in [-0.2, -0.15) is 0 Å². The van der Waals surface area contributed by atoms with Crippen molar-refractivity contribution in [2.24, 2.45) is 0 Å². The SMILES string of the molecule is CN1CCO[C@H](CCNC(=O)c2cnc(-c3ccccn3)nc2)C1. The fourth-order valence-electron chi connectivity index (χ4n) is 2.56. The fourth-order valence-corrected chi connectivity index (χ4v) is 2.56. The Kier molecular flexibility index (Phi) is 5.45. The molecule has 126 valence electrons. The summed E-state index contributed by atoms with van der Waals surface area (Å²) in [6, 6.07) is 5.53. The summed E-state index contributed by atoms with van der Waals surface area (Å²) in [4.78, 5) is 27.0. The molecule has 0 spiro atoms. The van der Waals surface area contributed by atoms with Crippen LogP contribution in [0.15, 0.2) is 36.8 Å². The van der Waals surface area contributed by atoms with Crippen molar-refractivity contribution < 1.29 is 9.53 Å². The lowest BCUT2D eigenvalue weighted by Crippen LogP contribution is -2.41. The maximum atomic E-state index is 12.1. The van der Waals surface area contributed by atoms with Crippen molar-refractivity contribution >= 4 is 5.91 Å². The summed E-state index contributed by atoms with van der Waals surface area (Å²) in [5.41, 5.74) is 1.12. The van der Waals surface area contributed by atoms with E-state index >= 15 is 0 Å². The van der Waals surface area contributed by atoms with E-state index in [-0.39, 0.29) is 12.0 Å². The average Bonchev–Trinajstić information content (AvgIpc) is 2.63. The Balaban J connectivity index is 1.50. The molecular formula is C17H21N5O2. The Hall–Kier alpha value is -2.38. The molecular weight excluding hydrogens is 306 g/mol. The van der Waals surface area contributed by atoms with Gasteiger partial charge in [0.25, 0.3) is 5.91 Å². The summed E-state index contributed by atoms with van der Waals surface area (Å²) in [6.45, 7) is 3.18. The molecule has 0 radical (unpaired) electrons. The molecule has 0 aliphatic carbocycles. The highest BCUT2D eigenvalue weighted by atomic mass is 16.5. The van der Waals surface area contributed by atoms with E-state index in [1.807, 2.05) is 18.2 Å². The molecule has 3 heterocycles. The number of ether oxygens (including phenoxy) is 1. The van der Waals surface area contributed by atoms with E-state index in [4.69, 9.17) is 4.74 Å². The maximum Gasteiger partial charge on any atom is 0.254 e. The number of aromatic nitrogens is 3. The van der Waals surface area contributed by atoms with E-state index in [1.165, 1.54) is 12.4 Å². The van der Waals surface area contributed by atoms with Gasteiger partial charge in [0.1, 0.15) is 5.69 Å². The summed E-state index contributed by atoms with van der Waals surface area (Å²) in [7, 11) is 2.08. The van der Waals surface area contributed by atoms with Gasteiger partial charge in [0.05, 0.1) is 18.3 Å². The highest BCUT2D eigenvalue weighted by Gasteiger charge is 2.17. The highest BCUT2D eigenvalue weighted by molar-refractivity contribution is 5.93. The number of likely N-dealkylation sites (N-methyl/N-ethyl adjacent to an activating group) is 1. The zero-order chi connectivity index (χ0) is 16.8. The zero-order valence-corrected chi connectivity index (χ0v) is 13.7. The van der Waals surface area contributed by atoms with Gasteiger partial charge in [-0.05, 0) is 25.6 Å². The minimum Gasteiger partial charge on any atom is -0.375 e. The van der Waals surface area contributed by atoms with Crippen molar-refractivity contribution in [3.8, 4) is 11.5 Å². The molecule has 0 aromatic carbocycles. The quantitative estimate of drug-likeness (QED) is 0.882. The normalized spacial score (nSPS) is 18.3. The highest BCUT2D eigenvalue weighted by Crippen LogP contribution is 2.10. The van der Waals surface area contributed by atoms with Crippen LogP contribution in [0.1, 0.15) is 16.8 Å². The smallest absolute Gasteiger partial charge is 0.254 e. The number of hydrogen-bond acceptors (Lipinski definition) is 6. The lowest BCUT2D eigenvalue weighted by molar-refractivity contribution is -0.0226. The van der Waals surface area contributed by atoms with Crippen molar-refractivity contribution in [3.05, 3.63) is 42.4 Å². The largest absolute Gasteiger partial charge is 0.375 e. The van der Waals surface area contributed by atoms with Gasteiger partial charge >= 0.3 is 0 Å². The summed E-state index contributed by atoms with van der Waals surface area (Å²) < 4.78 is 5.68. The monoisotopic (exact) mass is 327 g/mol. The van der Waals surface area contributed by atoms with Crippen LogP contribution in [0.25, 0.3) is 11.5 Å². The van der Waals surface area contributed by atoms with Crippen molar-refractivity contribution in [2.45, 2.75) is 12.5 Å². The van der Waals surface area contributed by atoms with E-state index in [2.05, 4.69) is 32.2 Å². The van der Waals surface area contributed by atoms with Crippen LogP contribution in [0.2, 0.25) is 0 Å². The Bertz CT molecular complexity index is 662. The van der Waals surface area contributed by atoms with Crippen LogP contribution in [0, 0.1) is 0 Å². The first kappa shape index (κ1) is 16.5. The zero-order valence-electron chi connectivity index (χ0n) is 13.7. The molecule has 1 fully saturated rings. The first-order valence-corrected chi connectivity index (χ1v) is 8.04. The number of carbonyl (C=O) groups is 1. The molecule has 0 saturated carbocycles. The van der Waals surface area contributed by atoms with Gasteiger partial charge in [0.15, 0.2) is 5.82 Å². The molecule has 7 nitrogen and oxygen atoms in total. The second kappa shape index (κ2) is 7.94. The first-order valence-electron chi connectivity index (χ1n) is 8.04. The van der Waals surface area contributed by atoms with E-state index in [9.17, 15) is 4.79 Å². The topological polar surface area (TPSA) is 80.2 Å². The molecule has 2 aromatic rings. The third-order valence-electron chi connectivity index (χ3n) is 3.90. The van der Waals surface area contributed by atoms with Crippen molar-refractivity contribution in [1.82, 2.24) is 25.2 Å². The van der Waals surface area contributed by atoms with Crippen LogP contribution in [0.4, 0.5) is 0 Å². The van der Waals surface area contributed by atoms with Gasteiger partial charge in [-0.25, -0.2) is 9.97 Å². The Morgan fingerprint density at radius 3 is 2.88 bits per heavy atom. The number of rotatable bonds is 5. The summed E-state index contributed by atoms with van der Waals surface area (Å²) >= 11 is 0. The van der Waals surface area contributed by atoms with Gasteiger partial charge in [0.2, 0.25) is 0 Å². The third kappa shape index (κ3) is 4.33. The fraction of sp³-hybridized carbons (Fsp3) is 0.412. The van der Waals surface area contributed by atoms with Crippen LogP contribution in [-0.2, 0) is 4.74 Å². The second-order valence-electron chi connectivity index (χ2n) is 5.81. The van der Waals surface area contributed by atoms with Crippen LogP contribution >= 0.6 is 0 Å². The van der Waals surface area contributed by atoms with E-state index in [1.54, 1.807) is 6.20 Å². The minimum atomic E-state index is -0.174. The summed E-state index contributed by atoms with van der Waals surface area (Å²) in [6.07, 6.45) is 5.70. The maximum absolute atomic E-state index is 12.1. The van der Waals surface area contributed by atoms with Gasteiger partial charge in [-0.1, -0.05) is 6.07 Å². The Morgan fingerprint density at radius 1 is 1.33 bits per heavy atom. The summed E-state index contributed by atoms with van der Waals surface area (Å²) in [5, 5.41) is 2.89. The van der Waals surface area contributed by atoms with Crippen LogP contribution in [0.5, 0.6) is 0 Å². The predicted octanol–water partition coefficient (Wildman–Crippen LogP) is 0.989. The number of nitrogens with zero attached hydrogens (tertiary/aromatic N) is 4. The number of amides is 1. The van der Waals surface area contributed by atoms with Crippen LogP contribution < -0.4 is 5.32 Å². The number of nitrogens with one attached hydrogen (secondary N) is 1.